The summed E-state index contributed by atoms with van der Waals surface area (Å²) in [7, 11) is 1.72. The summed E-state index contributed by atoms with van der Waals surface area (Å²) in [6, 6.07) is 7.18. The van der Waals surface area contributed by atoms with Gasteiger partial charge in [-0.15, -0.1) is 0 Å². The van der Waals surface area contributed by atoms with Gasteiger partial charge in [0, 0.05) is 25.8 Å². The van der Waals surface area contributed by atoms with Crippen LogP contribution in [0, 0.1) is 0 Å². The number of hydrogen-bond donors (Lipinski definition) is 1. The molecule has 1 amide bonds. The summed E-state index contributed by atoms with van der Waals surface area (Å²) < 4.78 is 5.30. The maximum Gasteiger partial charge on any atom is 0.253 e. The Morgan fingerprint density at radius 1 is 1.32 bits per heavy atom. The average molecular weight is 263 g/mol. The van der Waals surface area contributed by atoms with Gasteiger partial charge in [0.25, 0.3) is 5.91 Å². The van der Waals surface area contributed by atoms with Gasteiger partial charge in [-0.2, -0.15) is 0 Å². The van der Waals surface area contributed by atoms with Gasteiger partial charge < -0.3 is 14.7 Å². The highest BCUT2D eigenvalue weighted by Crippen LogP contribution is 2.17. The number of piperidine rings is 1. The Morgan fingerprint density at radius 3 is 2.37 bits per heavy atom. The van der Waals surface area contributed by atoms with Crippen LogP contribution in [0.4, 0.5) is 0 Å². The summed E-state index contributed by atoms with van der Waals surface area (Å²) in [4.78, 5) is 14.2. The summed E-state index contributed by atoms with van der Waals surface area (Å²) in [5.74, 6) is 0.0618. The Morgan fingerprint density at radius 2 is 1.89 bits per heavy atom. The van der Waals surface area contributed by atoms with Crippen molar-refractivity contribution in [2.45, 2.75) is 32.0 Å². The molecule has 104 valence electrons. The van der Waals surface area contributed by atoms with Crippen LogP contribution in [0.25, 0.3) is 0 Å². The number of hydrogen-bond acceptors (Lipinski definition) is 3. The highest BCUT2D eigenvalue weighted by atomic mass is 16.5. The predicted molar refractivity (Wildman–Crippen MR) is 73.0 cm³/mol. The molecule has 1 aliphatic rings. The molecule has 1 saturated heterocycles. The van der Waals surface area contributed by atoms with Crippen molar-refractivity contribution >= 4 is 5.91 Å². The molecule has 0 radical (unpaired) electrons. The second-order valence-corrected chi connectivity index (χ2v) is 5.03. The van der Waals surface area contributed by atoms with Crippen molar-refractivity contribution in [1.29, 1.82) is 0 Å². The zero-order valence-corrected chi connectivity index (χ0v) is 11.5. The number of carbonyl (C=O) groups excluding carboxylic acids is 1. The fourth-order valence-corrected chi connectivity index (χ4v) is 2.38. The molecule has 1 aromatic rings. The van der Waals surface area contributed by atoms with E-state index in [1.165, 1.54) is 0 Å². The minimum atomic E-state index is -0.499. The molecule has 0 bridgehead atoms. The van der Waals surface area contributed by atoms with Crippen molar-refractivity contribution in [2.75, 3.05) is 20.2 Å². The van der Waals surface area contributed by atoms with Gasteiger partial charge in [-0.25, -0.2) is 0 Å². The van der Waals surface area contributed by atoms with Crippen LogP contribution in [-0.4, -0.2) is 42.2 Å². The first kappa shape index (κ1) is 14.0. The second kappa shape index (κ2) is 6.17. The molecule has 1 heterocycles. The van der Waals surface area contributed by atoms with Gasteiger partial charge in [-0.05, 0) is 37.5 Å². The number of likely N-dealkylation sites (tertiary alicyclic amines) is 1. The Balaban J connectivity index is 2.00. The third kappa shape index (κ3) is 3.33. The quantitative estimate of drug-likeness (QED) is 0.907. The lowest BCUT2D eigenvalue weighted by Crippen LogP contribution is -2.40. The van der Waals surface area contributed by atoms with Gasteiger partial charge in [-0.1, -0.05) is 12.1 Å². The zero-order valence-electron chi connectivity index (χ0n) is 11.5. The van der Waals surface area contributed by atoms with Crippen molar-refractivity contribution in [3.05, 3.63) is 35.4 Å². The molecule has 2 rings (SSSR count). The molecule has 0 aliphatic carbocycles. The number of ether oxygens (including phenoxy) is 1. The fourth-order valence-electron chi connectivity index (χ4n) is 2.38. The number of nitrogens with zero attached hydrogens (tertiary/aromatic N) is 1. The third-order valence-electron chi connectivity index (χ3n) is 3.70. The van der Waals surface area contributed by atoms with Crippen LogP contribution in [-0.2, 0) is 4.74 Å². The van der Waals surface area contributed by atoms with Crippen LogP contribution in [0.2, 0.25) is 0 Å². The number of methoxy groups -OCH3 is 1. The minimum Gasteiger partial charge on any atom is -0.389 e. The van der Waals surface area contributed by atoms with E-state index >= 15 is 0 Å². The van der Waals surface area contributed by atoms with Gasteiger partial charge in [0.2, 0.25) is 0 Å². The zero-order chi connectivity index (χ0) is 13.8. The number of amides is 1. The van der Waals surface area contributed by atoms with Crippen LogP contribution in [0.3, 0.4) is 0 Å². The smallest absolute Gasteiger partial charge is 0.253 e. The molecule has 4 heteroatoms. The van der Waals surface area contributed by atoms with Gasteiger partial charge in [-0.3, -0.25) is 4.79 Å². The van der Waals surface area contributed by atoms with Crippen molar-refractivity contribution in [1.82, 2.24) is 4.90 Å². The topological polar surface area (TPSA) is 49.8 Å². The molecule has 1 aliphatic heterocycles. The molecular weight excluding hydrogens is 242 g/mol. The van der Waals surface area contributed by atoms with E-state index < -0.39 is 6.10 Å². The number of carbonyl (C=O) groups is 1. The van der Waals surface area contributed by atoms with E-state index in [1.807, 2.05) is 4.90 Å². The van der Waals surface area contributed by atoms with Crippen molar-refractivity contribution in [2.24, 2.45) is 0 Å². The maximum atomic E-state index is 12.3. The summed E-state index contributed by atoms with van der Waals surface area (Å²) >= 11 is 0. The fraction of sp³-hybridized carbons (Fsp3) is 0.533. The molecule has 4 nitrogen and oxygen atoms in total. The summed E-state index contributed by atoms with van der Waals surface area (Å²) in [5.41, 5.74) is 1.51. The largest absolute Gasteiger partial charge is 0.389 e. The van der Waals surface area contributed by atoms with E-state index in [2.05, 4.69) is 0 Å². The normalized spacial score (nSPS) is 18.4. The van der Waals surface area contributed by atoms with E-state index in [0.29, 0.717) is 5.56 Å². The lowest BCUT2D eigenvalue weighted by atomic mass is 10.0. The highest BCUT2D eigenvalue weighted by molar-refractivity contribution is 5.94. The number of rotatable bonds is 3. The molecule has 0 saturated carbocycles. The molecule has 19 heavy (non-hydrogen) atoms. The van der Waals surface area contributed by atoms with E-state index in [9.17, 15) is 9.90 Å². The first-order chi connectivity index (χ1) is 9.11. The van der Waals surface area contributed by atoms with Crippen LogP contribution < -0.4 is 0 Å². The minimum absolute atomic E-state index is 0.0618. The average Bonchev–Trinajstić information content (AvgIpc) is 2.46. The Kier molecular flexibility index (Phi) is 4.56. The first-order valence-corrected chi connectivity index (χ1v) is 6.72. The van der Waals surface area contributed by atoms with Crippen LogP contribution >= 0.6 is 0 Å². The lowest BCUT2D eigenvalue weighted by molar-refractivity contribution is 0.0350. The first-order valence-electron chi connectivity index (χ1n) is 6.72. The molecule has 1 aromatic carbocycles. The number of aliphatic hydroxyl groups is 1. The van der Waals surface area contributed by atoms with Gasteiger partial charge in [0.1, 0.15) is 0 Å². The van der Waals surface area contributed by atoms with Crippen LogP contribution in [0.15, 0.2) is 24.3 Å². The third-order valence-corrected chi connectivity index (χ3v) is 3.70. The van der Waals surface area contributed by atoms with Crippen molar-refractivity contribution < 1.29 is 14.6 Å². The van der Waals surface area contributed by atoms with E-state index in [-0.39, 0.29) is 12.0 Å². The maximum absolute atomic E-state index is 12.3. The van der Waals surface area contributed by atoms with E-state index in [4.69, 9.17) is 4.74 Å². The van der Waals surface area contributed by atoms with E-state index in [0.717, 1.165) is 31.5 Å². The number of benzene rings is 1. The van der Waals surface area contributed by atoms with Crippen molar-refractivity contribution in [3.63, 3.8) is 0 Å². The standard InChI is InChI=1S/C15H21NO3/c1-11(17)12-3-5-13(6-4-12)15(18)16-9-7-14(19-2)8-10-16/h3-6,11,14,17H,7-10H2,1-2H3. The SMILES string of the molecule is COC1CCN(C(=O)c2ccc(C(C)O)cc2)CC1. The number of aliphatic hydroxyl groups excluding tert-OH is 1. The van der Waals surface area contributed by atoms with Gasteiger partial charge in [0.15, 0.2) is 0 Å². The molecule has 1 unspecified atom stereocenters. The Labute approximate surface area is 114 Å². The summed E-state index contributed by atoms with van der Waals surface area (Å²) in [5, 5.41) is 9.45. The molecule has 0 spiro atoms. The van der Waals surface area contributed by atoms with Crippen molar-refractivity contribution in [3.8, 4) is 0 Å². The molecule has 0 aromatic heterocycles. The summed E-state index contributed by atoms with van der Waals surface area (Å²) in [6.45, 7) is 3.21. The Bertz CT molecular complexity index is 420. The van der Waals surface area contributed by atoms with Gasteiger partial charge in [0.05, 0.1) is 12.2 Å². The lowest BCUT2D eigenvalue weighted by Gasteiger charge is -2.31. The molecule has 1 N–H and O–H groups in total. The molecule has 1 fully saturated rings. The predicted octanol–water partition coefficient (Wildman–Crippen LogP) is 1.99. The van der Waals surface area contributed by atoms with Gasteiger partial charge >= 0.3 is 0 Å². The van der Waals surface area contributed by atoms with Crippen LogP contribution in [0.5, 0.6) is 0 Å². The Hall–Kier alpha value is -1.39. The molecule has 1 atom stereocenters. The monoisotopic (exact) mass is 263 g/mol. The highest BCUT2D eigenvalue weighted by Gasteiger charge is 2.23. The second-order valence-electron chi connectivity index (χ2n) is 5.03. The molecular formula is C15H21NO3. The van der Waals surface area contributed by atoms with E-state index in [1.54, 1.807) is 38.3 Å². The summed E-state index contributed by atoms with van der Waals surface area (Å²) in [6.07, 6.45) is 1.57. The van der Waals surface area contributed by atoms with Crippen LogP contribution in [0.1, 0.15) is 41.8 Å².